The lowest BCUT2D eigenvalue weighted by Gasteiger charge is -2.37. The average molecular weight is 704 g/mol. The van der Waals surface area contributed by atoms with E-state index in [0.29, 0.717) is 34.6 Å². The van der Waals surface area contributed by atoms with E-state index in [1.54, 1.807) is 19.2 Å². The monoisotopic (exact) mass is 702 g/mol. The Morgan fingerprint density at radius 3 is 2.12 bits per heavy atom. The highest BCUT2D eigenvalue weighted by Gasteiger charge is 2.41. The van der Waals surface area contributed by atoms with E-state index < -0.39 is 5.54 Å². The van der Waals surface area contributed by atoms with Crippen LogP contribution in [-0.4, -0.2) is 46.8 Å². The van der Waals surface area contributed by atoms with Crippen LogP contribution in [0.5, 0.6) is 5.75 Å². The third kappa shape index (κ3) is 5.91. The van der Waals surface area contributed by atoms with Gasteiger partial charge in [-0.15, -0.1) is 0 Å². The summed E-state index contributed by atoms with van der Waals surface area (Å²) in [5.74, 6) is 0.111. The normalized spacial score (nSPS) is 15.4. The fraction of sp³-hybridized carbons (Fsp3) is 0.200. The fourth-order valence-corrected chi connectivity index (χ4v) is 7.55. The summed E-state index contributed by atoms with van der Waals surface area (Å²) in [7, 11) is 1.56. The van der Waals surface area contributed by atoms with Gasteiger partial charge in [0.2, 0.25) is 0 Å². The first-order chi connectivity index (χ1) is 23.5. The number of nitrogens with one attached hydrogen (secondary N) is 1. The zero-order valence-electron chi connectivity index (χ0n) is 26.7. The SMILES string of the molecule is COc1cccc(F)c1CN1CCC[C@@H](NC(=O)c2ccc3c(c2)c(Br)nn3C(c2ccccc2)(c2ccccc2)c2ccccc2)C1. The molecule has 7 rings (SSSR count). The molecule has 6 nitrogen and oxygen atoms in total. The van der Waals surface area contributed by atoms with Gasteiger partial charge < -0.3 is 10.1 Å². The van der Waals surface area contributed by atoms with Gasteiger partial charge in [-0.3, -0.25) is 9.69 Å². The fourth-order valence-electron chi connectivity index (χ4n) is 7.08. The Labute approximate surface area is 288 Å². The van der Waals surface area contributed by atoms with Crippen LogP contribution in [0.4, 0.5) is 4.39 Å². The molecule has 1 saturated heterocycles. The van der Waals surface area contributed by atoms with Gasteiger partial charge in [0.15, 0.2) is 0 Å². The molecule has 2 heterocycles. The van der Waals surface area contributed by atoms with Crippen molar-refractivity contribution in [3.8, 4) is 5.75 Å². The minimum atomic E-state index is -0.787. The predicted octanol–water partition coefficient (Wildman–Crippen LogP) is 8.18. The van der Waals surface area contributed by atoms with Gasteiger partial charge in [-0.2, -0.15) is 5.10 Å². The van der Waals surface area contributed by atoms with Gasteiger partial charge in [-0.05, 0) is 82.3 Å². The average Bonchev–Trinajstić information content (AvgIpc) is 3.46. The number of fused-ring (bicyclic) bond motifs is 1. The molecule has 1 amide bonds. The number of halogens is 2. The summed E-state index contributed by atoms with van der Waals surface area (Å²) < 4.78 is 22.8. The third-order valence-corrected chi connectivity index (χ3v) is 9.89. The molecule has 8 heteroatoms. The summed E-state index contributed by atoms with van der Waals surface area (Å²) in [5.41, 5.74) is 4.39. The summed E-state index contributed by atoms with van der Waals surface area (Å²) in [6.07, 6.45) is 1.76. The molecule has 0 saturated carbocycles. The van der Waals surface area contributed by atoms with Crippen molar-refractivity contribution in [1.82, 2.24) is 20.0 Å². The molecular weight excluding hydrogens is 667 g/mol. The molecule has 0 aliphatic carbocycles. The molecule has 48 heavy (non-hydrogen) atoms. The summed E-state index contributed by atoms with van der Waals surface area (Å²) in [5, 5.41) is 9.22. The lowest BCUT2D eigenvalue weighted by Crippen LogP contribution is -2.47. The Hall–Kier alpha value is -4.79. The van der Waals surface area contributed by atoms with Gasteiger partial charge in [-0.25, -0.2) is 9.07 Å². The van der Waals surface area contributed by atoms with Crippen LogP contribution in [0.2, 0.25) is 0 Å². The number of carbonyl (C=O) groups excluding carboxylic acids is 1. The first-order valence-electron chi connectivity index (χ1n) is 16.2. The maximum atomic E-state index is 14.7. The number of likely N-dealkylation sites (tertiary alicyclic amines) is 1. The van der Waals surface area contributed by atoms with Crippen LogP contribution in [0.25, 0.3) is 10.9 Å². The van der Waals surface area contributed by atoms with Crippen LogP contribution < -0.4 is 10.1 Å². The topological polar surface area (TPSA) is 59.4 Å². The number of nitrogens with zero attached hydrogens (tertiary/aromatic N) is 3. The number of methoxy groups -OCH3 is 1. The molecule has 1 N–H and O–H groups in total. The smallest absolute Gasteiger partial charge is 0.251 e. The second-order valence-corrected chi connectivity index (χ2v) is 13.0. The second kappa shape index (κ2) is 13.7. The number of piperidine rings is 1. The highest BCUT2D eigenvalue weighted by atomic mass is 79.9. The van der Waals surface area contributed by atoms with Crippen molar-refractivity contribution in [2.45, 2.75) is 31.0 Å². The molecule has 1 atom stereocenters. The van der Waals surface area contributed by atoms with E-state index >= 15 is 0 Å². The molecule has 1 fully saturated rings. The Morgan fingerprint density at radius 2 is 1.52 bits per heavy atom. The van der Waals surface area contributed by atoms with Crippen LogP contribution in [0.1, 0.15) is 45.5 Å². The molecule has 1 aliphatic rings. The quantitative estimate of drug-likeness (QED) is 0.155. The Kier molecular flexibility index (Phi) is 9.11. The maximum Gasteiger partial charge on any atom is 0.251 e. The first kappa shape index (κ1) is 31.8. The van der Waals surface area contributed by atoms with Crippen LogP contribution in [-0.2, 0) is 12.1 Å². The van der Waals surface area contributed by atoms with Crippen molar-refractivity contribution in [2.75, 3.05) is 20.2 Å². The Balaban J connectivity index is 1.22. The van der Waals surface area contributed by atoms with Crippen molar-refractivity contribution in [3.05, 3.63) is 166 Å². The highest BCUT2D eigenvalue weighted by Crippen LogP contribution is 2.43. The third-order valence-electron chi connectivity index (χ3n) is 9.31. The van der Waals surface area contributed by atoms with Gasteiger partial charge in [-0.1, -0.05) is 97.1 Å². The zero-order chi connectivity index (χ0) is 33.1. The minimum absolute atomic E-state index is 0.0622. The number of carbonyl (C=O) groups is 1. The molecular formula is C40H36BrFN4O2. The van der Waals surface area contributed by atoms with E-state index in [-0.39, 0.29) is 17.8 Å². The molecule has 6 aromatic rings. The van der Waals surface area contributed by atoms with E-state index in [1.165, 1.54) is 6.07 Å². The summed E-state index contributed by atoms with van der Waals surface area (Å²) in [6, 6.07) is 41.8. The van der Waals surface area contributed by atoms with Gasteiger partial charge in [0.25, 0.3) is 5.91 Å². The molecule has 0 radical (unpaired) electrons. The zero-order valence-corrected chi connectivity index (χ0v) is 28.2. The largest absolute Gasteiger partial charge is 0.496 e. The molecule has 0 bridgehead atoms. The number of hydrogen-bond donors (Lipinski definition) is 1. The van der Waals surface area contributed by atoms with Crippen molar-refractivity contribution < 1.29 is 13.9 Å². The van der Waals surface area contributed by atoms with Crippen LogP contribution in [0.15, 0.2) is 132 Å². The van der Waals surface area contributed by atoms with Gasteiger partial charge in [0, 0.05) is 35.6 Å². The van der Waals surface area contributed by atoms with Crippen LogP contribution in [0.3, 0.4) is 0 Å². The van der Waals surface area contributed by atoms with Crippen molar-refractivity contribution in [3.63, 3.8) is 0 Å². The van der Waals surface area contributed by atoms with E-state index in [0.717, 1.165) is 47.0 Å². The van der Waals surface area contributed by atoms with E-state index in [2.05, 4.69) is 104 Å². The highest BCUT2D eigenvalue weighted by molar-refractivity contribution is 9.10. The maximum absolute atomic E-state index is 14.7. The summed E-state index contributed by atoms with van der Waals surface area (Å²) in [4.78, 5) is 15.9. The van der Waals surface area contributed by atoms with Crippen molar-refractivity contribution >= 4 is 32.7 Å². The molecule has 0 spiro atoms. The first-order valence-corrected chi connectivity index (χ1v) is 17.0. The van der Waals surface area contributed by atoms with Gasteiger partial charge >= 0.3 is 0 Å². The predicted molar refractivity (Wildman–Crippen MR) is 191 cm³/mol. The van der Waals surface area contributed by atoms with Gasteiger partial charge in [0.05, 0.1) is 12.6 Å². The molecule has 242 valence electrons. The van der Waals surface area contributed by atoms with Crippen LogP contribution in [0, 0.1) is 5.82 Å². The Bertz CT molecular complexity index is 1940. The number of rotatable bonds is 9. The molecule has 5 aromatic carbocycles. The number of hydrogen-bond acceptors (Lipinski definition) is 4. The van der Waals surface area contributed by atoms with Crippen LogP contribution >= 0.6 is 15.9 Å². The number of benzene rings is 5. The molecule has 1 aromatic heterocycles. The Morgan fingerprint density at radius 1 is 0.896 bits per heavy atom. The lowest BCUT2D eigenvalue weighted by molar-refractivity contribution is 0.0899. The molecule has 1 aliphatic heterocycles. The van der Waals surface area contributed by atoms with Crippen molar-refractivity contribution in [2.24, 2.45) is 0 Å². The minimum Gasteiger partial charge on any atom is -0.496 e. The lowest BCUT2D eigenvalue weighted by atomic mass is 9.77. The van der Waals surface area contributed by atoms with E-state index in [9.17, 15) is 9.18 Å². The van der Waals surface area contributed by atoms with E-state index in [4.69, 9.17) is 9.84 Å². The number of amides is 1. The molecule has 0 unspecified atom stereocenters. The number of ether oxygens (including phenoxy) is 1. The van der Waals surface area contributed by atoms with Crippen molar-refractivity contribution in [1.29, 1.82) is 0 Å². The van der Waals surface area contributed by atoms with Gasteiger partial charge in [0.1, 0.15) is 21.7 Å². The second-order valence-electron chi connectivity index (χ2n) is 12.2. The number of aromatic nitrogens is 2. The summed E-state index contributed by atoms with van der Waals surface area (Å²) in [6.45, 7) is 1.88. The standard InChI is InChI=1S/C40H36BrFN4O2/c1-48-37-21-11-20-35(42)34(37)27-45-24-12-19-32(26-45)43-39(47)28-22-23-36-33(25-28)38(41)44-46(36)40(29-13-5-2-6-14-29,30-15-7-3-8-16-30)31-17-9-4-10-18-31/h2-11,13-18,20-23,25,32H,12,19,24,26-27H2,1H3,(H,43,47)/t32-/m1/s1. The summed E-state index contributed by atoms with van der Waals surface area (Å²) >= 11 is 3.76. The van der Waals surface area contributed by atoms with E-state index in [1.807, 2.05) is 36.4 Å².